The van der Waals surface area contributed by atoms with E-state index in [4.69, 9.17) is 10.6 Å². The minimum atomic E-state index is -1.55. The first-order valence-electron chi connectivity index (χ1n) is 9.67. The van der Waals surface area contributed by atoms with Gasteiger partial charge in [0.25, 0.3) is 0 Å². The normalized spacial score (nSPS) is 16.6. The molecular weight excluding hydrogens is 524 g/mol. The summed E-state index contributed by atoms with van der Waals surface area (Å²) in [7, 11) is 1.58. The summed E-state index contributed by atoms with van der Waals surface area (Å²) in [6, 6.07) is 6.72. The summed E-state index contributed by atoms with van der Waals surface area (Å²) < 4.78 is 47.4. The van der Waals surface area contributed by atoms with Gasteiger partial charge in [0.15, 0.2) is 17.5 Å². The molecule has 1 aliphatic heterocycles. The van der Waals surface area contributed by atoms with Crippen molar-refractivity contribution >= 4 is 34.6 Å². The van der Waals surface area contributed by atoms with Crippen LogP contribution in [0.4, 0.5) is 13.2 Å². The highest BCUT2D eigenvalue weighted by Gasteiger charge is 2.31. The molecule has 0 bridgehead atoms. The lowest BCUT2D eigenvalue weighted by Crippen LogP contribution is -2.40. The van der Waals surface area contributed by atoms with Crippen LogP contribution in [0.25, 0.3) is 6.08 Å². The number of nitrogens with two attached hydrogens (primary N) is 1. The van der Waals surface area contributed by atoms with Crippen LogP contribution in [0.2, 0.25) is 0 Å². The predicted molar refractivity (Wildman–Crippen MR) is 118 cm³/mol. The molecule has 0 saturated carbocycles. The largest absolute Gasteiger partial charge is 0.496 e. The summed E-state index contributed by atoms with van der Waals surface area (Å²) in [5.41, 5.74) is 1.53. The number of benzene rings is 2. The van der Waals surface area contributed by atoms with Gasteiger partial charge < -0.3 is 14.5 Å². The molecule has 9 heteroatoms. The second kappa shape index (κ2) is 10.5. The molecule has 2 aromatic carbocycles. The molecule has 1 unspecified atom stereocenters. The molecule has 1 fully saturated rings. The van der Waals surface area contributed by atoms with Crippen molar-refractivity contribution in [3.63, 3.8) is 0 Å². The molecule has 2 aromatic rings. The Balaban J connectivity index is 1.94. The van der Waals surface area contributed by atoms with Crippen molar-refractivity contribution in [3.05, 3.63) is 68.1 Å². The zero-order valence-corrected chi connectivity index (χ0v) is 19.0. The van der Waals surface area contributed by atoms with Crippen LogP contribution >= 0.6 is 22.6 Å². The van der Waals surface area contributed by atoms with Gasteiger partial charge in [0.2, 0.25) is 5.91 Å². The van der Waals surface area contributed by atoms with E-state index in [1.165, 1.54) is 4.90 Å². The SMILES string of the molecule is COc1cc(/C=C2\CCCN(C(CCON)c3cc(F)c(F)c(F)c3)C2=O)ccc1I. The number of amides is 1. The summed E-state index contributed by atoms with van der Waals surface area (Å²) in [4.78, 5) is 19.4. The molecule has 3 rings (SSSR count). The molecule has 1 saturated heterocycles. The van der Waals surface area contributed by atoms with Gasteiger partial charge in [0.1, 0.15) is 5.75 Å². The van der Waals surface area contributed by atoms with E-state index in [9.17, 15) is 18.0 Å². The minimum Gasteiger partial charge on any atom is -0.496 e. The number of hydrogen-bond donors (Lipinski definition) is 1. The molecule has 166 valence electrons. The highest BCUT2D eigenvalue weighted by Crippen LogP contribution is 2.33. The number of methoxy groups -OCH3 is 1. The van der Waals surface area contributed by atoms with Crippen molar-refractivity contribution < 1.29 is 27.5 Å². The Hall–Kier alpha value is -2.11. The van der Waals surface area contributed by atoms with Gasteiger partial charge in [-0.05, 0) is 83.3 Å². The third kappa shape index (κ3) is 5.39. The van der Waals surface area contributed by atoms with Gasteiger partial charge in [-0.1, -0.05) is 6.07 Å². The maximum atomic E-state index is 13.9. The Kier molecular flexibility index (Phi) is 7.95. The molecule has 0 spiro atoms. The van der Waals surface area contributed by atoms with Crippen LogP contribution in [0.15, 0.2) is 35.9 Å². The molecular formula is C22H22F3IN2O3. The van der Waals surface area contributed by atoms with Gasteiger partial charge in [-0.25, -0.2) is 19.1 Å². The lowest BCUT2D eigenvalue weighted by Gasteiger charge is -2.36. The van der Waals surface area contributed by atoms with Crippen molar-refractivity contribution in [1.29, 1.82) is 0 Å². The molecule has 2 N–H and O–H groups in total. The summed E-state index contributed by atoms with van der Waals surface area (Å²) in [6.07, 6.45) is 3.23. The lowest BCUT2D eigenvalue weighted by molar-refractivity contribution is -0.131. The average Bonchev–Trinajstić information content (AvgIpc) is 2.75. The third-order valence-electron chi connectivity index (χ3n) is 5.17. The molecule has 0 radical (unpaired) electrons. The van der Waals surface area contributed by atoms with Crippen LogP contribution < -0.4 is 10.6 Å². The van der Waals surface area contributed by atoms with Crippen molar-refractivity contribution in [1.82, 2.24) is 4.90 Å². The van der Waals surface area contributed by atoms with Crippen molar-refractivity contribution in [2.75, 3.05) is 20.3 Å². The van der Waals surface area contributed by atoms with Crippen molar-refractivity contribution in [2.24, 2.45) is 5.90 Å². The van der Waals surface area contributed by atoms with E-state index in [0.717, 1.165) is 21.3 Å². The maximum Gasteiger partial charge on any atom is 0.250 e. The number of hydrogen-bond acceptors (Lipinski definition) is 4. The van der Waals surface area contributed by atoms with E-state index in [1.54, 1.807) is 13.2 Å². The number of likely N-dealkylation sites (tertiary alicyclic amines) is 1. The van der Waals surface area contributed by atoms with Gasteiger partial charge in [0.05, 0.1) is 23.3 Å². The highest BCUT2D eigenvalue weighted by atomic mass is 127. The van der Waals surface area contributed by atoms with E-state index < -0.39 is 23.5 Å². The van der Waals surface area contributed by atoms with E-state index in [-0.39, 0.29) is 24.5 Å². The predicted octanol–water partition coefficient (Wildman–Crippen LogP) is 4.74. The third-order valence-corrected chi connectivity index (χ3v) is 6.06. The van der Waals surface area contributed by atoms with Gasteiger partial charge in [-0.2, -0.15) is 0 Å². The Bertz CT molecular complexity index is 977. The van der Waals surface area contributed by atoms with E-state index in [2.05, 4.69) is 27.4 Å². The first-order valence-corrected chi connectivity index (χ1v) is 10.7. The van der Waals surface area contributed by atoms with E-state index >= 15 is 0 Å². The smallest absolute Gasteiger partial charge is 0.250 e. The van der Waals surface area contributed by atoms with Crippen molar-refractivity contribution in [3.8, 4) is 5.75 Å². The first kappa shape index (κ1) is 23.6. The van der Waals surface area contributed by atoms with Crippen LogP contribution in [0.5, 0.6) is 5.75 Å². The minimum absolute atomic E-state index is 0.0580. The van der Waals surface area contributed by atoms with Crippen LogP contribution in [0.1, 0.15) is 36.4 Å². The molecule has 0 aromatic heterocycles. The molecule has 0 aliphatic carbocycles. The molecule has 1 atom stereocenters. The van der Waals surface area contributed by atoms with Gasteiger partial charge in [0, 0.05) is 12.1 Å². The fourth-order valence-electron chi connectivity index (χ4n) is 3.68. The number of nitrogens with zero attached hydrogens (tertiary/aromatic N) is 1. The molecule has 31 heavy (non-hydrogen) atoms. The second-order valence-corrected chi connectivity index (χ2v) is 8.30. The Morgan fingerprint density at radius 2 is 1.94 bits per heavy atom. The maximum absolute atomic E-state index is 13.9. The summed E-state index contributed by atoms with van der Waals surface area (Å²) in [5.74, 6) is 1.43. The first-order chi connectivity index (χ1) is 14.8. The number of carbonyl (C=O) groups is 1. The van der Waals surface area contributed by atoms with E-state index in [1.807, 2.05) is 18.2 Å². The zero-order valence-electron chi connectivity index (χ0n) is 16.8. The van der Waals surface area contributed by atoms with Crippen LogP contribution in [0, 0.1) is 21.0 Å². The van der Waals surface area contributed by atoms with Crippen LogP contribution in [0.3, 0.4) is 0 Å². The summed E-state index contributed by atoms with van der Waals surface area (Å²) in [6.45, 7) is 0.449. The highest BCUT2D eigenvalue weighted by molar-refractivity contribution is 14.1. The zero-order chi connectivity index (χ0) is 22.5. The van der Waals surface area contributed by atoms with Gasteiger partial charge >= 0.3 is 0 Å². The molecule has 1 heterocycles. The summed E-state index contributed by atoms with van der Waals surface area (Å²) >= 11 is 2.16. The fraction of sp³-hybridized carbons (Fsp3) is 0.318. The number of piperidine rings is 1. The summed E-state index contributed by atoms with van der Waals surface area (Å²) in [5, 5.41) is 0. The molecule has 1 aliphatic rings. The number of ether oxygens (including phenoxy) is 1. The van der Waals surface area contributed by atoms with Crippen LogP contribution in [-0.2, 0) is 9.63 Å². The van der Waals surface area contributed by atoms with Gasteiger partial charge in [-0.3, -0.25) is 4.79 Å². The quantitative estimate of drug-likeness (QED) is 0.236. The van der Waals surface area contributed by atoms with Crippen molar-refractivity contribution in [2.45, 2.75) is 25.3 Å². The average molecular weight is 546 g/mol. The lowest BCUT2D eigenvalue weighted by atomic mass is 9.95. The second-order valence-electron chi connectivity index (χ2n) is 7.14. The Morgan fingerprint density at radius 3 is 2.58 bits per heavy atom. The fourth-order valence-corrected chi connectivity index (χ4v) is 4.24. The Labute approximate surface area is 192 Å². The standard InChI is InChI=1S/C22H22F3IN2O3/c1-30-20-10-13(4-5-18(20)26)9-14-3-2-7-28(22(14)29)19(6-8-31-27)15-11-16(23)21(25)17(24)12-15/h4-5,9-12,19H,2-3,6-8,27H2,1H3/b14-9+. The molecule has 1 amide bonds. The van der Waals surface area contributed by atoms with Crippen LogP contribution in [-0.4, -0.2) is 31.1 Å². The number of rotatable bonds is 7. The van der Waals surface area contributed by atoms with E-state index in [0.29, 0.717) is 30.7 Å². The monoisotopic (exact) mass is 546 g/mol. The number of carbonyl (C=O) groups excluding carboxylic acids is 1. The van der Waals surface area contributed by atoms with Gasteiger partial charge in [-0.15, -0.1) is 0 Å². The topological polar surface area (TPSA) is 64.8 Å². The number of halogens is 4. The Morgan fingerprint density at radius 1 is 1.23 bits per heavy atom. The molecule has 5 nitrogen and oxygen atoms in total.